The van der Waals surface area contributed by atoms with Gasteiger partial charge in [-0.1, -0.05) is 28.9 Å². The van der Waals surface area contributed by atoms with Crippen molar-refractivity contribution in [3.8, 4) is 17.1 Å². The first-order chi connectivity index (χ1) is 14.1. The molecule has 29 heavy (non-hydrogen) atoms. The van der Waals surface area contributed by atoms with Gasteiger partial charge in [-0.05, 0) is 62.3 Å². The van der Waals surface area contributed by atoms with Crippen molar-refractivity contribution in [2.75, 3.05) is 20.2 Å². The molecule has 0 saturated carbocycles. The zero-order valence-corrected chi connectivity index (χ0v) is 16.9. The van der Waals surface area contributed by atoms with Crippen LogP contribution >= 0.6 is 11.6 Å². The van der Waals surface area contributed by atoms with Gasteiger partial charge in [-0.15, -0.1) is 0 Å². The van der Waals surface area contributed by atoms with Gasteiger partial charge in [0.05, 0.1) is 13.7 Å². The minimum Gasteiger partial charge on any atom is -0.497 e. The zero-order valence-electron chi connectivity index (χ0n) is 16.2. The monoisotopic (exact) mass is 411 g/mol. The molecule has 1 fully saturated rings. The molecule has 1 aliphatic heterocycles. The van der Waals surface area contributed by atoms with E-state index >= 15 is 0 Å². The summed E-state index contributed by atoms with van der Waals surface area (Å²) in [7, 11) is 1.62. The van der Waals surface area contributed by atoms with E-state index in [1.54, 1.807) is 7.11 Å². The van der Waals surface area contributed by atoms with Crippen LogP contribution in [0.1, 0.15) is 29.1 Å². The summed E-state index contributed by atoms with van der Waals surface area (Å²) in [4.78, 5) is 19.5. The molecule has 0 N–H and O–H groups in total. The van der Waals surface area contributed by atoms with E-state index in [9.17, 15) is 4.79 Å². The first-order valence-electron chi connectivity index (χ1n) is 9.61. The zero-order chi connectivity index (χ0) is 20.2. The quantitative estimate of drug-likeness (QED) is 0.556. The van der Waals surface area contributed by atoms with Gasteiger partial charge in [-0.3, -0.25) is 9.69 Å². The molecule has 7 heteroatoms. The summed E-state index contributed by atoms with van der Waals surface area (Å²) in [5.41, 5.74) is 1.57. The lowest BCUT2D eigenvalue weighted by Gasteiger charge is -2.30. The molecule has 0 aliphatic carbocycles. The van der Waals surface area contributed by atoms with Crippen molar-refractivity contribution < 1.29 is 14.1 Å². The first kappa shape index (κ1) is 19.6. The number of aromatic nitrogens is 2. The molecule has 0 atom stereocenters. The highest BCUT2D eigenvalue weighted by atomic mass is 35.5. The van der Waals surface area contributed by atoms with Crippen molar-refractivity contribution in [1.82, 2.24) is 15.0 Å². The summed E-state index contributed by atoms with van der Waals surface area (Å²) in [6, 6.07) is 14.7. The standard InChI is InChI=1S/C22H22ClN3O3/c1-28-19-7-5-15(6-8-19)21(27)16-9-11-26(12-10-16)14-20-24-22(25-29-20)17-3-2-4-18(23)13-17/h2-8,13,16H,9-12,14H2,1H3. The fourth-order valence-electron chi connectivity index (χ4n) is 3.60. The van der Waals surface area contributed by atoms with E-state index in [-0.39, 0.29) is 11.7 Å². The van der Waals surface area contributed by atoms with Gasteiger partial charge in [0.2, 0.25) is 11.7 Å². The average Bonchev–Trinajstić information content (AvgIpc) is 3.22. The normalized spacial score (nSPS) is 15.4. The third-order valence-corrected chi connectivity index (χ3v) is 5.48. The lowest BCUT2D eigenvalue weighted by atomic mass is 9.89. The number of piperidine rings is 1. The van der Waals surface area contributed by atoms with Crippen LogP contribution in [0, 0.1) is 5.92 Å². The van der Waals surface area contributed by atoms with Gasteiger partial charge in [0, 0.05) is 22.1 Å². The molecule has 4 rings (SSSR count). The van der Waals surface area contributed by atoms with E-state index in [1.165, 1.54) is 0 Å². The molecule has 1 aromatic heterocycles. The van der Waals surface area contributed by atoms with Crippen molar-refractivity contribution in [3.05, 3.63) is 65.0 Å². The van der Waals surface area contributed by atoms with Gasteiger partial charge < -0.3 is 9.26 Å². The van der Waals surface area contributed by atoms with Crippen molar-refractivity contribution in [3.63, 3.8) is 0 Å². The fraction of sp³-hybridized carbons (Fsp3) is 0.318. The molecule has 0 spiro atoms. The van der Waals surface area contributed by atoms with E-state index in [0.29, 0.717) is 23.3 Å². The maximum atomic E-state index is 12.7. The van der Waals surface area contributed by atoms with Crippen LogP contribution in [0.15, 0.2) is 53.1 Å². The minimum absolute atomic E-state index is 0.0457. The van der Waals surface area contributed by atoms with Crippen LogP contribution in [0.4, 0.5) is 0 Å². The Labute approximate surface area is 174 Å². The second-order valence-electron chi connectivity index (χ2n) is 7.17. The predicted molar refractivity (Wildman–Crippen MR) is 110 cm³/mol. The van der Waals surface area contributed by atoms with Crippen LogP contribution in [-0.2, 0) is 6.54 Å². The van der Waals surface area contributed by atoms with Gasteiger partial charge in [0.25, 0.3) is 0 Å². The number of nitrogens with zero attached hydrogens (tertiary/aromatic N) is 3. The summed E-state index contributed by atoms with van der Waals surface area (Å²) >= 11 is 6.03. The Kier molecular flexibility index (Phi) is 5.92. The molecule has 6 nitrogen and oxygen atoms in total. The van der Waals surface area contributed by atoms with Crippen molar-refractivity contribution in [1.29, 1.82) is 0 Å². The van der Waals surface area contributed by atoms with Crippen molar-refractivity contribution >= 4 is 17.4 Å². The third kappa shape index (κ3) is 4.66. The Morgan fingerprint density at radius 3 is 2.66 bits per heavy atom. The largest absolute Gasteiger partial charge is 0.497 e. The van der Waals surface area contributed by atoms with Crippen LogP contribution in [0.25, 0.3) is 11.4 Å². The van der Waals surface area contributed by atoms with E-state index in [0.717, 1.165) is 42.8 Å². The van der Waals surface area contributed by atoms with E-state index in [2.05, 4.69) is 15.0 Å². The molecular weight excluding hydrogens is 390 g/mol. The Morgan fingerprint density at radius 1 is 1.21 bits per heavy atom. The lowest BCUT2D eigenvalue weighted by Crippen LogP contribution is -2.36. The molecule has 2 aromatic carbocycles. The molecule has 1 aliphatic rings. The summed E-state index contributed by atoms with van der Waals surface area (Å²) in [5.74, 6) is 2.11. The number of ketones is 1. The second kappa shape index (κ2) is 8.76. The topological polar surface area (TPSA) is 68.5 Å². The Bertz CT molecular complexity index is 979. The van der Waals surface area contributed by atoms with Crippen LogP contribution in [0.3, 0.4) is 0 Å². The molecule has 150 valence electrons. The molecule has 0 unspecified atom stereocenters. The number of benzene rings is 2. The number of rotatable bonds is 6. The van der Waals surface area contributed by atoms with Crippen molar-refractivity contribution in [2.45, 2.75) is 19.4 Å². The predicted octanol–water partition coefficient (Wildman–Crippen LogP) is 4.49. The number of carbonyl (C=O) groups is 1. The summed E-state index contributed by atoms with van der Waals surface area (Å²) in [6.45, 7) is 2.22. The summed E-state index contributed by atoms with van der Waals surface area (Å²) in [5, 5.41) is 4.69. The Balaban J connectivity index is 1.32. The average molecular weight is 412 g/mol. The smallest absolute Gasteiger partial charge is 0.241 e. The number of likely N-dealkylation sites (tertiary alicyclic amines) is 1. The number of hydrogen-bond donors (Lipinski definition) is 0. The maximum Gasteiger partial charge on any atom is 0.241 e. The molecule has 0 bridgehead atoms. The highest BCUT2D eigenvalue weighted by Crippen LogP contribution is 2.25. The molecule has 1 saturated heterocycles. The fourth-order valence-corrected chi connectivity index (χ4v) is 3.79. The van der Waals surface area contributed by atoms with Gasteiger partial charge in [-0.25, -0.2) is 0 Å². The number of ether oxygens (including phenoxy) is 1. The van der Waals surface area contributed by atoms with Crippen LogP contribution < -0.4 is 4.74 Å². The Hall–Kier alpha value is -2.70. The van der Waals surface area contributed by atoms with Gasteiger partial charge in [-0.2, -0.15) is 4.98 Å². The first-order valence-corrected chi connectivity index (χ1v) is 9.99. The summed E-state index contributed by atoms with van der Waals surface area (Å²) < 4.78 is 10.6. The van der Waals surface area contributed by atoms with Crippen LogP contribution in [-0.4, -0.2) is 41.0 Å². The number of Topliss-reactive ketones (excluding diaryl/α,β-unsaturated/α-hetero) is 1. The number of halogens is 1. The molecular formula is C22H22ClN3O3. The lowest BCUT2D eigenvalue weighted by molar-refractivity contribution is 0.0825. The number of methoxy groups -OCH3 is 1. The number of hydrogen-bond acceptors (Lipinski definition) is 6. The van der Waals surface area contributed by atoms with Crippen LogP contribution in [0.2, 0.25) is 5.02 Å². The molecule has 0 amide bonds. The van der Waals surface area contributed by atoms with Crippen molar-refractivity contribution in [2.24, 2.45) is 5.92 Å². The highest BCUT2D eigenvalue weighted by molar-refractivity contribution is 6.30. The Morgan fingerprint density at radius 2 is 1.97 bits per heavy atom. The second-order valence-corrected chi connectivity index (χ2v) is 7.60. The molecule has 2 heterocycles. The van der Waals surface area contributed by atoms with Gasteiger partial charge in [0.15, 0.2) is 5.78 Å². The van der Waals surface area contributed by atoms with E-state index in [4.69, 9.17) is 20.9 Å². The third-order valence-electron chi connectivity index (χ3n) is 5.24. The van der Waals surface area contributed by atoms with Gasteiger partial charge >= 0.3 is 0 Å². The minimum atomic E-state index is 0.0457. The summed E-state index contributed by atoms with van der Waals surface area (Å²) in [6.07, 6.45) is 1.64. The molecule has 0 radical (unpaired) electrons. The van der Waals surface area contributed by atoms with Gasteiger partial charge in [0.1, 0.15) is 5.75 Å². The van der Waals surface area contributed by atoms with Crippen LogP contribution in [0.5, 0.6) is 5.75 Å². The van der Waals surface area contributed by atoms with E-state index in [1.807, 2.05) is 48.5 Å². The maximum absolute atomic E-state index is 12.7. The number of carbonyl (C=O) groups excluding carboxylic acids is 1. The highest BCUT2D eigenvalue weighted by Gasteiger charge is 2.26. The molecule has 3 aromatic rings. The van der Waals surface area contributed by atoms with E-state index < -0.39 is 0 Å². The SMILES string of the molecule is COc1ccc(C(=O)C2CCN(Cc3nc(-c4cccc(Cl)c4)no3)CC2)cc1.